The van der Waals surface area contributed by atoms with Crippen molar-refractivity contribution in [2.24, 2.45) is 23.7 Å². The monoisotopic (exact) mass is 227 g/mol. The molecule has 3 atom stereocenters. The highest BCUT2D eigenvalue weighted by Crippen LogP contribution is 2.30. The number of hydrogen-bond acceptors (Lipinski definition) is 1. The fourth-order valence-corrected chi connectivity index (χ4v) is 2.10. The number of nitrogens with one attached hydrogen (secondary N) is 1. The smallest absolute Gasteiger partial charge is 0.0122 e. The SMILES string of the molecule is CNC(C)(C)CCC(C)C(C)C(C)C(C)C. The molecule has 0 saturated carbocycles. The van der Waals surface area contributed by atoms with Crippen molar-refractivity contribution in [3.8, 4) is 0 Å². The van der Waals surface area contributed by atoms with Crippen LogP contribution < -0.4 is 5.32 Å². The van der Waals surface area contributed by atoms with Crippen LogP contribution in [0.2, 0.25) is 0 Å². The largest absolute Gasteiger partial charge is 0.315 e. The van der Waals surface area contributed by atoms with Gasteiger partial charge in [0.2, 0.25) is 0 Å². The van der Waals surface area contributed by atoms with Gasteiger partial charge in [0.1, 0.15) is 0 Å². The van der Waals surface area contributed by atoms with E-state index in [1.807, 2.05) is 0 Å². The van der Waals surface area contributed by atoms with Gasteiger partial charge in [0.15, 0.2) is 0 Å². The Morgan fingerprint density at radius 2 is 1.44 bits per heavy atom. The Labute approximate surface area is 103 Å². The van der Waals surface area contributed by atoms with E-state index in [2.05, 4.69) is 60.8 Å². The first-order valence-electron chi connectivity index (χ1n) is 6.90. The van der Waals surface area contributed by atoms with Crippen molar-refractivity contribution in [2.75, 3.05) is 7.05 Å². The molecule has 1 N–H and O–H groups in total. The fourth-order valence-electron chi connectivity index (χ4n) is 2.10. The van der Waals surface area contributed by atoms with Gasteiger partial charge >= 0.3 is 0 Å². The topological polar surface area (TPSA) is 12.0 Å². The van der Waals surface area contributed by atoms with E-state index in [0.717, 1.165) is 23.7 Å². The van der Waals surface area contributed by atoms with E-state index < -0.39 is 0 Å². The maximum Gasteiger partial charge on any atom is 0.0122 e. The predicted octanol–water partition coefficient (Wildman–Crippen LogP) is 4.33. The van der Waals surface area contributed by atoms with Gasteiger partial charge in [-0.25, -0.2) is 0 Å². The van der Waals surface area contributed by atoms with Gasteiger partial charge in [-0.2, -0.15) is 0 Å². The Bertz CT molecular complexity index is 184. The molecule has 98 valence electrons. The van der Waals surface area contributed by atoms with Crippen molar-refractivity contribution < 1.29 is 0 Å². The van der Waals surface area contributed by atoms with Crippen molar-refractivity contribution in [2.45, 2.75) is 66.8 Å². The standard InChI is InChI=1S/C15H33N/c1-11(2)13(4)14(5)12(3)9-10-15(6,7)16-8/h11-14,16H,9-10H2,1-8H3. The normalized spacial score (nSPS) is 18.6. The second kappa shape index (κ2) is 6.64. The van der Waals surface area contributed by atoms with Gasteiger partial charge in [0, 0.05) is 5.54 Å². The van der Waals surface area contributed by atoms with E-state index in [0.29, 0.717) is 0 Å². The molecule has 0 aliphatic carbocycles. The third-order valence-electron chi connectivity index (χ3n) is 4.68. The first kappa shape index (κ1) is 16.0. The Kier molecular flexibility index (Phi) is 6.62. The van der Waals surface area contributed by atoms with Gasteiger partial charge < -0.3 is 5.32 Å². The van der Waals surface area contributed by atoms with Crippen molar-refractivity contribution in [1.82, 2.24) is 5.32 Å². The molecule has 0 radical (unpaired) electrons. The van der Waals surface area contributed by atoms with Crippen LogP contribution in [0.5, 0.6) is 0 Å². The molecule has 0 aliphatic rings. The zero-order valence-corrected chi connectivity index (χ0v) is 12.7. The second-order valence-electron chi connectivity index (χ2n) is 6.61. The van der Waals surface area contributed by atoms with E-state index in [4.69, 9.17) is 0 Å². The van der Waals surface area contributed by atoms with Gasteiger partial charge in [-0.1, -0.05) is 34.6 Å². The Balaban J connectivity index is 4.11. The fraction of sp³-hybridized carbons (Fsp3) is 1.00. The van der Waals surface area contributed by atoms with Crippen LogP contribution in [-0.4, -0.2) is 12.6 Å². The van der Waals surface area contributed by atoms with Crippen molar-refractivity contribution >= 4 is 0 Å². The third-order valence-corrected chi connectivity index (χ3v) is 4.68. The Morgan fingerprint density at radius 1 is 0.938 bits per heavy atom. The summed E-state index contributed by atoms with van der Waals surface area (Å²) in [5.74, 6) is 3.28. The molecule has 0 amide bonds. The highest BCUT2D eigenvalue weighted by molar-refractivity contribution is 4.78. The molecule has 0 saturated heterocycles. The highest BCUT2D eigenvalue weighted by Gasteiger charge is 2.23. The van der Waals surface area contributed by atoms with Gasteiger partial charge in [0.25, 0.3) is 0 Å². The molecule has 1 heteroatoms. The molecule has 0 aromatic carbocycles. The summed E-state index contributed by atoms with van der Waals surface area (Å²) in [5.41, 5.74) is 0.287. The molecule has 0 fully saturated rings. The minimum atomic E-state index is 0.287. The van der Waals surface area contributed by atoms with Crippen LogP contribution in [0.3, 0.4) is 0 Å². The lowest BCUT2D eigenvalue weighted by atomic mass is 9.76. The van der Waals surface area contributed by atoms with Crippen LogP contribution in [0, 0.1) is 23.7 Å². The van der Waals surface area contributed by atoms with E-state index in [9.17, 15) is 0 Å². The molecular weight excluding hydrogens is 194 g/mol. The zero-order chi connectivity index (χ0) is 12.9. The molecule has 1 nitrogen and oxygen atoms in total. The zero-order valence-electron chi connectivity index (χ0n) is 12.7. The molecule has 0 aromatic rings. The predicted molar refractivity (Wildman–Crippen MR) is 74.7 cm³/mol. The van der Waals surface area contributed by atoms with Crippen LogP contribution in [0.4, 0.5) is 0 Å². The average Bonchev–Trinajstić information content (AvgIpc) is 2.23. The average molecular weight is 227 g/mol. The quantitative estimate of drug-likeness (QED) is 0.682. The van der Waals surface area contributed by atoms with E-state index in [1.54, 1.807) is 0 Å². The van der Waals surface area contributed by atoms with Crippen LogP contribution in [0.1, 0.15) is 61.3 Å². The van der Waals surface area contributed by atoms with Crippen molar-refractivity contribution in [1.29, 1.82) is 0 Å². The number of hydrogen-bond donors (Lipinski definition) is 1. The minimum absolute atomic E-state index is 0.287. The van der Waals surface area contributed by atoms with Crippen LogP contribution in [0.25, 0.3) is 0 Å². The lowest BCUT2D eigenvalue weighted by Crippen LogP contribution is -2.36. The summed E-state index contributed by atoms with van der Waals surface area (Å²) in [6.07, 6.45) is 2.59. The molecule has 16 heavy (non-hydrogen) atoms. The summed E-state index contributed by atoms with van der Waals surface area (Å²) in [7, 11) is 2.06. The summed E-state index contributed by atoms with van der Waals surface area (Å²) < 4.78 is 0. The summed E-state index contributed by atoms with van der Waals surface area (Å²) in [5, 5.41) is 3.39. The van der Waals surface area contributed by atoms with Gasteiger partial charge in [-0.3, -0.25) is 0 Å². The summed E-state index contributed by atoms with van der Waals surface area (Å²) in [4.78, 5) is 0. The maximum absolute atomic E-state index is 3.39. The third kappa shape index (κ3) is 5.34. The molecule has 0 bridgehead atoms. The molecular formula is C15H33N. The molecule has 3 unspecified atom stereocenters. The van der Waals surface area contributed by atoms with Gasteiger partial charge in [-0.15, -0.1) is 0 Å². The summed E-state index contributed by atoms with van der Waals surface area (Å²) >= 11 is 0. The van der Waals surface area contributed by atoms with Crippen molar-refractivity contribution in [3.05, 3.63) is 0 Å². The Morgan fingerprint density at radius 3 is 1.81 bits per heavy atom. The maximum atomic E-state index is 3.39. The number of rotatable bonds is 7. The molecule has 0 aliphatic heterocycles. The Hall–Kier alpha value is -0.0400. The van der Waals surface area contributed by atoms with Gasteiger partial charge in [0.05, 0.1) is 0 Å². The molecule has 0 spiro atoms. The van der Waals surface area contributed by atoms with E-state index >= 15 is 0 Å². The van der Waals surface area contributed by atoms with Crippen LogP contribution in [-0.2, 0) is 0 Å². The van der Waals surface area contributed by atoms with E-state index in [1.165, 1.54) is 12.8 Å². The summed E-state index contributed by atoms with van der Waals surface area (Å²) in [6.45, 7) is 16.5. The first-order valence-corrected chi connectivity index (χ1v) is 6.90. The lowest BCUT2D eigenvalue weighted by Gasteiger charge is -2.32. The van der Waals surface area contributed by atoms with Gasteiger partial charge in [-0.05, 0) is 57.4 Å². The molecule has 0 aromatic heterocycles. The lowest BCUT2D eigenvalue weighted by molar-refractivity contribution is 0.200. The van der Waals surface area contributed by atoms with Crippen molar-refractivity contribution in [3.63, 3.8) is 0 Å². The second-order valence-corrected chi connectivity index (χ2v) is 6.61. The van der Waals surface area contributed by atoms with Crippen LogP contribution >= 0.6 is 0 Å². The van der Waals surface area contributed by atoms with E-state index in [-0.39, 0.29) is 5.54 Å². The minimum Gasteiger partial charge on any atom is -0.315 e. The molecule has 0 rings (SSSR count). The van der Waals surface area contributed by atoms with Crippen LogP contribution in [0.15, 0.2) is 0 Å². The highest BCUT2D eigenvalue weighted by atomic mass is 14.9. The first-order chi connectivity index (χ1) is 7.21. The summed E-state index contributed by atoms with van der Waals surface area (Å²) in [6, 6.07) is 0. The molecule has 0 heterocycles.